The molecule has 0 unspecified atom stereocenters. The first kappa shape index (κ1) is 49.9. The van der Waals surface area contributed by atoms with E-state index >= 15 is 0 Å². The number of benzene rings is 2. The number of carboxylic acids is 2. The molecule has 392 valence electrons. The fraction of sp³-hybridized carbons (Fsp3) is 0.586. The number of piperidine rings is 2. The molecule has 2 N–H and O–H groups in total. The minimum absolute atomic E-state index is 0.0770. The van der Waals surface area contributed by atoms with Crippen molar-refractivity contribution in [2.75, 3.05) is 36.0 Å². The lowest BCUT2D eigenvalue weighted by Gasteiger charge is -2.35. The average molecular weight is 1010 g/mol. The van der Waals surface area contributed by atoms with Gasteiger partial charge in [-0.2, -0.15) is 10.2 Å². The molecule has 4 saturated carbocycles. The van der Waals surface area contributed by atoms with Crippen LogP contribution in [0, 0.1) is 23.7 Å². The van der Waals surface area contributed by atoms with Crippen LogP contribution in [-0.4, -0.2) is 97.9 Å². The van der Waals surface area contributed by atoms with Crippen molar-refractivity contribution in [2.24, 2.45) is 37.8 Å². The van der Waals surface area contributed by atoms with Gasteiger partial charge in [-0.15, -0.1) is 10.2 Å². The van der Waals surface area contributed by atoms with Crippen molar-refractivity contribution in [2.45, 2.75) is 152 Å². The van der Waals surface area contributed by atoms with Gasteiger partial charge in [-0.05, 0) is 111 Å². The fourth-order valence-electron chi connectivity index (χ4n) is 13.5. The number of anilines is 2. The topological polar surface area (TPSA) is 178 Å². The Morgan fingerprint density at radius 1 is 0.514 bits per heavy atom. The molecule has 0 radical (unpaired) electrons. The lowest BCUT2D eigenvalue weighted by molar-refractivity contribution is 0.0684. The molecule has 4 aromatic heterocycles. The molecular weight excluding hydrogens is 929 g/mol. The van der Waals surface area contributed by atoms with Crippen molar-refractivity contribution in [1.29, 1.82) is 0 Å². The maximum absolute atomic E-state index is 12.1. The Hall–Kier alpha value is -6.32. The second kappa shape index (κ2) is 22.3. The van der Waals surface area contributed by atoms with Crippen molar-refractivity contribution in [3.63, 3.8) is 0 Å². The van der Waals surface area contributed by atoms with Crippen molar-refractivity contribution < 1.29 is 19.8 Å². The van der Waals surface area contributed by atoms with E-state index in [0.29, 0.717) is 0 Å². The van der Waals surface area contributed by atoms with Crippen molar-refractivity contribution in [3.05, 3.63) is 107 Å². The number of rotatable bonds is 16. The molecule has 16 heteroatoms. The zero-order chi connectivity index (χ0) is 50.7. The van der Waals surface area contributed by atoms with Gasteiger partial charge in [-0.1, -0.05) is 99.6 Å². The van der Waals surface area contributed by atoms with Gasteiger partial charge in [0.05, 0.1) is 46.5 Å². The predicted molar refractivity (Wildman–Crippen MR) is 285 cm³/mol. The lowest BCUT2D eigenvalue weighted by Crippen LogP contribution is -2.35. The summed E-state index contributed by atoms with van der Waals surface area (Å²) < 4.78 is 7.09. The molecule has 0 bridgehead atoms. The third-order valence-corrected chi connectivity index (χ3v) is 17.7. The van der Waals surface area contributed by atoms with Crippen LogP contribution in [0.15, 0.2) is 73.3 Å². The Morgan fingerprint density at radius 3 is 1.30 bits per heavy atom. The summed E-state index contributed by atoms with van der Waals surface area (Å²) in [6.45, 7) is 4.37. The molecular formula is C58H76N12O4. The Kier molecular flexibility index (Phi) is 15.0. The number of carbonyl (C=O) groups is 2. The van der Waals surface area contributed by atoms with Crippen molar-refractivity contribution in [3.8, 4) is 11.4 Å². The van der Waals surface area contributed by atoms with Gasteiger partial charge in [0, 0.05) is 87.7 Å². The minimum atomic E-state index is -0.931. The van der Waals surface area contributed by atoms with Crippen LogP contribution in [0.3, 0.4) is 0 Å². The molecule has 16 nitrogen and oxygen atoms in total. The zero-order valence-corrected chi connectivity index (χ0v) is 43.6. The van der Waals surface area contributed by atoms with E-state index < -0.39 is 11.9 Å². The normalized spacial score (nSPS) is 24.4. The highest BCUT2D eigenvalue weighted by Gasteiger charge is 2.47. The molecule has 12 rings (SSSR count). The Labute approximate surface area is 435 Å². The van der Waals surface area contributed by atoms with Crippen LogP contribution in [0.25, 0.3) is 11.4 Å². The van der Waals surface area contributed by atoms with E-state index in [2.05, 4.69) is 77.0 Å². The number of aromatic nitrogens is 10. The van der Waals surface area contributed by atoms with Crippen LogP contribution in [0.2, 0.25) is 0 Å². The maximum atomic E-state index is 12.1. The third kappa shape index (κ3) is 11.3. The summed E-state index contributed by atoms with van der Waals surface area (Å²) in [7, 11) is 3.71. The average Bonchev–Trinajstić information content (AvgIpc) is 4.09. The first-order valence-electron chi connectivity index (χ1n) is 28.2. The summed E-state index contributed by atoms with van der Waals surface area (Å²) >= 11 is 0. The second-order valence-corrected chi connectivity index (χ2v) is 23.0. The summed E-state index contributed by atoms with van der Waals surface area (Å²) in [5, 5.41) is 45.6. The molecule has 74 heavy (non-hydrogen) atoms. The molecule has 2 aromatic carbocycles. The Morgan fingerprint density at radius 2 is 0.905 bits per heavy atom. The van der Waals surface area contributed by atoms with E-state index in [0.717, 1.165) is 96.8 Å². The molecule has 6 aliphatic rings. The van der Waals surface area contributed by atoms with Gasteiger partial charge in [0.25, 0.3) is 0 Å². The van der Waals surface area contributed by atoms with Gasteiger partial charge in [0.2, 0.25) is 0 Å². The van der Waals surface area contributed by atoms with Crippen LogP contribution in [0.5, 0.6) is 0 Å². The Bertz CT molecular complexity index is 2680. The van der Waals surface area contributed by atoms with Gasteiger partial charge < -0.3 is 20.0 Å². The third-order valence-electron chi connectivity index (χ3n) is 17.7. The first-order chi connectivity index (χ1) is 36.1. The molecule has 0 amide bonds. The quantitative estimate of drug-likeness (QED) is 0.0939. The van der Waals surface area contributed by atoms with Crippen molar-refractivity contribution >= 4 is 23.3 Å². The van der Waals surface area contributed by atoms with E-state index in [-0.39, 0.29) is 34.8 Å². The molecule has 2 saturated heterocycles. The highest BCUT2D eigenvalue weighted by atomic mass is 16.4. The van der Waals surface area contributed by atoms with E-state index in [1.54, 1.807) is 9.36 Å². The summed E-state index contributed by atoms with van der Waals surface area (Å²) in [5.74, 6) is 2.06. The summed E-state index contributed by atoms with van der Waals surface area (Å²) in [4.78, 5) is 29.2. The summed E-state index contributed by atoms with van der Waals surface area (Å²) in [6, 6.07) is 17.0. The number of nitrogens with zero attached hydrogens (tertiary/aromatic N) is 12. The van der Waals surface area contributed by atoms with E-state index in [9.17, 15) is 19.8 Å². The molecule has 6 atom stereocenters. The van der Waals surface area contributed by atoms with E-state index in [4.69, 9.17) is 0 Å². The smallest absolute Gasteiger partial charge is 0.339 e. The Balaban J connectivity index is 0.000000159. The number of aromatic carboxylic acids is 2. The van der Waals surface area contributed by atoms with Crippen LogP contribution in [-0.2, 0) is 14.1 Å². The first-order valence-corrected chi connectivity index (χ1v) is 28.2. The molecule has 0 spiro atoms. The molecule has 6 fully saturated rings. The monoisotopic (exact) mass is 1000 g/mol. The second-order valence-electron chi connectivity index (χ2n) is 23.0. The predicted octanol–water partition coefficient (Wildman–Crippen LogP) is 11.1. The molecule has 2 aliphatic heterocycles. The van der Waals surface area contributed by atoms with Gasteiger partial charge in [-0.25, -0.2) is 19.0 Å². The van der Waals surface area contributed by atoms with Gasteiger partial charge in [-0.3, -0.25) is 9.36 Å². The number of carboxylic acid groups (broad SMARTS) is 2. The van der Waals surface area contributed by atoms with Gasteiger partial charge in [0.1, 0.15) is 11.1 Å². The standard InChI is InChI=1S/2C29H38N6O2/c2*1-33-19-27(31-32-33)24-16-25(24)28-26(29(36)37)17-30-35(28)23-11-5-10-22(15-23)34-14-6-9-21(18-34)13-12-20-7-3-2-4-8-20/h2*5,10-11,15,17,19-21,24-25H,2-4,6-9,12-14,16,18H2,1H3,(H,36,37)/t21-,24+,25+;21-,24-,25-/m01/s1. The fourth-order valence-corrected chi connectivity index (χ4v) is 13.5. The highest BCUT2D eigenvalue weighted by molar-refractivity contribution is 5.90. The van der Waals surface area contributed by atoms with Crippen LogP contribution < -0.4 is 9.80 Å². The molecule has 6 heterocycles. The highest BCUT2D eigenvalue weighted by Crippen LogP contribution is 2.56. The molecule has 4 aliphatic carbocycles. The van der Waals surface area contributed by atoms with Crippen molar-refractivity contribution in [1.82, 2.24) is 49.5 Å². The van der Waals surface area contributed by atoms with E-state index in [1.165, 1.54) is 139 Å². The largest absolute Gasteiger partial charge is 0.478 e. The number of aryl methyl sites for hydroxylation is 2. The maximum Gasteiger partial charge on any atom is 0.339 e. The van der Waals surface area contributed by atoms with Crippen LogP contribution in [0.4, 0.5) is 11.4 Å². The number of hydrogen-bond donors (Lipinski definition) is 2. The molecule has 6 aromatic rings. The summed E-state index contributed by atoms with van der Waals surface area (Å²) in [5.41, 5.74) is 8.19. The van der Waals surface area contributed by atoms with Gasteiger partial charge in [0.15, 0.2) is 0 Å². The van der Waals surface area contributed by atoms with Crippen LogP contribution in [0.1, 0.15) is 196 Å². The van der Waals surface area contributed by atoms with Crippen LogP contribution >= 0.6 is 0 Å². The minimum Gasteiger partial charge on any atom is -0.478 e. The number of hydrogen-bond acceptors (Lipinski definition) is 10. The SMILES string of the molecule is Cn1cc([C@@H]2C[C@H]2c2c(C(=O)O)cnn2-c2cccc(N3CCC[C@@H](CCC4CCCCC4)C3)c2)nn1.Cn1cc([C@@H]2C[C@H]2c2c(C(=O)O)cnn2-c2cccc(N3CCC[C@H](CCC4CCCCC4)C3)c2)nn1. The zero-order valence-electron chi connectivity index (χ0n) is 43.6. The summed E-state index contributed by atoms with van der Waals surface area (Å²) in [6.07, 6.45) is 33.5. The van der Waals surface area contributed by atoms with E-state index in [1.807, 2.05) is 48.0 Å². The van der Waals surface area contributed by atoms with Gasteiger partial charge >= 0.3 is 11.9 Å². The lowest BCUT2D eigenvalue weighted by atomic mass is 9.82.